The summed E-state index contributed by atoms with van der Waals surface area (Å²) in [4.78, 5) is 9.22. The normalized spacial score (nSPS) is 23.1. The second kappa shape index (κ2) is 4.49. The molecular weight excluding hydrogens is 254 g/mol. The van der Waals surface area contributed by atoms with Crippen molar-refractivity contribution in [3.63, 3.8) is 0 Å². The molecule has 0 radical (unpaired) electrons. The Morgan fingerprint density at radius 1 is 1.40 bits per heavy atom. The van der Waals surface area contributed by atoms with E-state index in [2.05, 4.69) is 50.8 Å². The Bertz CT molecular complexity index is 342. The van der Waals surface area contributed by atoms with Gasteiger partial charge >= 0.3 is 0 Å². The Kier molecular flexibility index (Phi) is 3.26. The lowest BCUT2D eigenvalue weighted by Crippen LogP contribution is -2.50. The Labute approximate surface area is 99.2 Å². The van der Waals surface area contributed by atoms with Crippen molar-refractivity contribution in [2.24, 2.45) is 0 Å². The van der Waals surface area contributed by atoms with E-state index in [0.29, 0.717) is 6.04 Å². The maximum Gasteiger partial charge on any atom is 0.130 e. The van der Waals surface area contributed by atoms with Crippen LogP contribution in [0.4, 0.5) is 5.82 Å². The minimum absolute atomic E-state index is 0.533. The van der Waals surface area contributed by atoms with Crippen LogP contribution in [0.3, 0.4) is 0 Å². The molecule has 0 aliphatic carbocycles. The fourth-order valence-electron chi connectivity index (χ4n) is 2.04. The number of aromatic nitrogens is 1. The van der Waals surface area contributed by atoms with E-state index in [1.807, 2.05) is 12.1 Å². The van der Waals surface area contributed by atoms with Gasteiger partial charge in [0.05, 0.1) is 0 Å². The molecule has 1 atom stereocenters. The molecule has 1 unspecified atom stereocenters. The van der Waals surface area contributed by atoms with Gasteiger partial charge in [-0.3, -0.25) is 0 Å². The van der Waals surface area contributed by atoms with Crippen LogP contribution in [0.2, 0.25) is 0 Å². The summed E-state index contributed by atoms with van der Waals surface area (Å²) in [6.45, 7) is 5.52. The van der Waals surface area contributed by atoms with Crippen molar-refractivity contribution >= 4 is 21.7 Å². The van der Waals surface area contributed by atoms with E-state index in [-0.39, 0.29) is 0 Å². The molecule has 0 bridgehead atoms. The minimum Gasteiger partial charge on any atom is -0.351 e. The van der Waals surface area contributed by atoms with Gasteiger partial charge < -0.3 is 9.80 Å². The molecule has 1 saturated heterocycles. The molecule has 0 N–H and O–H groups in total. The number of hydrogen-bond acceptors (Lipinski definition) is 3. The zero-order valence-electron chi connectivity index (χ0n) is 9.15. The maximum absolute atomic E-state index is 4.50. The fourth-order valence-corrected chi connectivity index (χ4v) is 2.37. The first-order chi connectivity index (χ1) is 7.16. The molecule has 1 aromatic heterocycles. The highest BCUT2D eigenvalue weighted by atomic mass is 79.9. The molecule has 3 nitrogen and oxygen atoms in total. The molecule has 2 rings (SSSR count). The third kappa shape index (κ3) is 2.49. The van der Waals surface area contributed by atoms with Crippen LogP contribution in [0.1, 0.15) is 6.92 Å². The Balaban J connectivity index is 2.17. The van der Waals surface area contributed by atoms with Gasteiger partial charge in [0.1, 0.15) is 10.4 Å². The highest BCUT2D eigenvalue weighted by molar-refractivity contribution is 9.10. The Hall–Kier alpha value is -0.610. The highest BCUT2D eigenvalue weighted by Crippen LogP contribution is 2.19. The van der Waals surface area contributed by atoms with Crippen LogP contribution in [0.5, 0.6) is 0 Å². The van der Waals surface area contributed by atoms with Gasteiger partial charge in [0, 0.05) is 25.7 Å². The van der Waals surface area contributed by atoms with Gasteiger partial charge in [-0.15, -0.1) is 0 Å². The number of rotatable bonds is 1. The van der Waals surface area contributed by atoms with Crippen LogP contribution in [0.15, 0.2) is 22.8 Å². The van der Waals surface area contributed by atoms with E-state index in [9.17, 15) is 0 Å². The van der Waals surface area contributed by atoms with Gasteiger partial charge in [0.15, 0.2) is 0 Å². The monoisotopic (exact) mass is 269 g/mol. The number of piperazine rings is 1. The summed E-state index contributed by atoms with van der Waals surface area (Å²) in [5.41, 5.74) is 0. The zero-order valence-corrected chi connectivity index (χ0v) is 10.7. The van der Waals surface area contributed by atoms with Crippen molar-refractivity contribution in [3.8, 4) is 0 Å². The number of anilines is 1. The lowest BCUT2D eigenvalue weighted by atomic mass is 10.2. The first kappa shape index (κ1) is 10.9. The van der Waals surface area contributed by atoms with Crippen LogP contribution < -0.4 is 4.90 Å². The molecule has 1 aromatic rings. The second-order valence-corrected chi connectivity index (χ2v) is 4.94. The first-order valence-corrected chi connectivity index (χ1v) is 6.04. The SMILES string of the molecule is CC1CN(C)CCN1c1cccc(Br)n1. The van der Waals surface area contributed by atoms with Crippen molar-refractivity contribution in [3.05, 3.63) is 22.8 Å². The van der Waals surface area contributed by atoms with E-state index in [1.165, 1.54) is 0 Å². The quantitative estimate of drug-likeness (QED) is 0.727. The third-order valence-electron chi connectivity index (χ3n) is 2.83. The Morgan fingerprint density at radius 3 is 2.87 bits per heavy atom. The van der Waals surface area contributed by atoms with E-state index < -0.39 is 0 Å². The average Bonchev–Trinajstić information content (AvgIpc) is 2.17. The smallest absolute Gasteiger partial charge is 0.130 e. The van der Waals surface area contributed by atoms with Crippen LogP contribution in [0, 0.1) is 0 Å². The second-order valence-electron chi connectivity index (χ2n) is 4.12. The molecule has 2 heterocycles. The largest absolute Gasteiger partial charge is 0.351 e. The number of halogens is 1. The lowest BCUT2D eigenvalue weighted by Gasteiger charge is -2.39. The minimum atomic E-state index is 0.533. The fraction of sp³-hybridized carbons (Fsp3) is 0.545. The number of pyridine rings is 1. The summed E-state index contributed by atoms with van der Waals surface area (Å²) >= 11 is 3.41. The molecule has 1 aliphatic rings. The molecule has 1 fully saturated rings. The summed E-state index contributed by atoms with van der Waals surface area (Å²) in [7, 11) is 2.17. The van der Waals surface area contributed by atoms with Crippen molar-refractivity contribution in [1.82, 2.24) is 9.88 Å². The van der Waals surface area contributed by atoms with E-state index in [4.69, 9.17) is 0 Å². The van der Waals surface area contributed by atoms with Gasteiger partial charge in [0.2, 0.25) is 0 Å². The summed E-state index contributed by atoms with van der Waals surface area (Å²) in [6, 6.07) is 6.61. The molecule has 15 heavy (non-hydrogen) atoms. The van der Waals surface area contributed by atoms with Crippen molar-refractivity contribution < 1.29 is 0 Å². The van der Waals surface area contributed by atoms with Gasteiger partial charge in [-0.1, -0.05) is 6.07 Å². The standard InChI is InChI=1S/C11H16BrN3/c1-9-8-14(2)6-7-15(9)11-5-3-4-10(12)13-11/h3-5,9H,6-8H2,1-2H3. The highest BCUT2D eigenvalue weighted by Gasteiger charge is 2.22. The van der Waals surface area contributed by atoms with Crippen molar-refractivity contribution in [1.29, 1.82) is 0 Å². The van der Waals surface area contributed by atoms with Gasteiger partial charge in [-0.2, -0.15) is 0 Å². The van der Waals surface area contributed by atoms with Gasteiger partial charge in [0.25, 0.3) is 0 Å². The van der Waals surface area contributed by atoms with E-state index in [0.717, 1.165) is 30.1 Å². The number of hydrogen-bond donors (Lipinski definition) is 0. The molecule has 1 aliphatic heterocycles. The lowest BCUT2D eigenvalue weighted by molar-refractivity contribution is 0.274. The molecular formula is C11H16BrN3. The first-order valence-electron chi connectivity index (χ1n) is 5.24. The van der Waals surface area contributed by atoms with Crippen LogP contribution >= 0.6 is 15.9 Å². The molecule has 0 aromatic carbocycles. The van der Waals surface area contributed by atoms with Crippen LogP contribution in [0.25, 0.3) is 0 Å². The van der Waals surface area contributed by atoms with Gasteiger partial charge in [-0.05, 0) is 42.0 Å². The van der Waals surface area contributed by atoms with E-state index in [1.54, 1.807) is 0 Å². The van der Waals surface area contributed by atoms with Crippen LogP contribution in [-0.4, -0.2) is 42.6 Å². The predicted octanol–water partition coefficient (Wildman–Crippen LogP) is 1.98. The van der Waals surface area contributed by atoms with Crippen molar-refractivity contribution in [2.75, 3.05) is 31.6 Å². The Morgan fingerprint density at radius 2 is 2.20 bits per heavy atom. The predicted molar refractivity (Wildman–Crippen MR) is 66.2 cm³/mol. The summed E-state index contributed by atoms with van der Waals surface area (Å²) in [6.07, 6.45) is 0. The van der Waals surface area contributed by atoms with Crippen molar-refractivity contribution in [2.45, 2.75) is 13.0 Å². The molecule has 0 amide bonds. The molecule has 0 spiro atoms. The topological polar surface area (TPSA) is 19.4 Å². The molecule has 82 valence electrons. The number of likely N-dealkylation sites (N-methyl/N-ethyl adjacent to an activating group) is 1. The summed E-state index contributed by atoms with van der Waals surface area (Å²) < 4.78 is 0.908. The molecule has 0 saturated carbocycles. The van der Waals surface area contributed by atoms with E-state index >= 15 is 0 Å². The average molecular weight is 270 g/mol. The number of nitrogens with zero attached hydrogens (tertiary/aromatic N) is 3. The third-order valence-corrected chi connectivity index (χ3v) is 3.27. The maximum atomic E-state index is 4.50. The van der Waals surface area contributed by atoms with Crippen LogP contribution in [-0.2, 0) is 0 Å². The summed E-state index contributed by atoms with van der Waals surface area (Å²) in [5.74, 6) is 1.07. The molecule has 4 heteroatoms. The van der Waals surface area contributed by atoms with Gasteiger partial charge in [-0.25, -0.2) is 4.98 Å². The zero-order chi connectivity index (χ0) is 10.8. The summed E-state index contributed by atoms with van der Waals surface area (Å²) in [5, 5.41) is 0.